The van der Waals surface area contributed by atoms with Crippen LogP contribution in [-0.4, -0.2) is 28.1 Å². The normalized spacial score (nSPS) is 11.1. The van der Waals surface area contributed by atoms with Crippen molar-refractivity contribution in [3.8, 4) is 5.00 Å². The molecule has 128 valence electrons. The summed E-state index contributed by atoms with van der Waals surface area (Å²) in [5, 5.41) is 3.08. The lowest BCUT2D eigenvalue weighted by molar-refractivity contribution is 0.00606. The van der Waals surface area contributed by atoms with E-state index in [-0.39, 0.29) is 16.3 Å². The molecule has 9 heteroatoms. The Hall–Kier alpha value is -2.81. The van der Waals surface area contributed by atoms with Gasteiger partial charge in [0.25, 0.3) is 5.91 Å². The van der Waals surface area contributed by atoms with Crippen molar-refractivity contribution in [2.75, 3.05) is 5.32 Å². The first-order chi connectivity index (χ1) is 11.1. The molecule has 0 aromatic carbocycles. The third-order valence-electron chi connectivity index (χ3n) is 2.82. The predicted octanol–water partition coefficient (Wildman–Crippen LogP) is 2.08. The third kappa shape index (κ3) is 3.93. The molecule has 0 aliphatic carbocycles. The zero-order valence-electron chi connectivity index (χ0n) is 13.5. The number of urea groups is 1. The maximum Gasteiger partial charge on any atom is 0.355 e. The van der Waals surface area contributed by atoms with Crippen LogP contribution in [0.2, 0.25) is 0 Å². The number of rotatable bonds is 4. The number of hydrogen-bond acceptors (Lipinski definition) is 5. The molecule has 0 unspecified atom stereocenters. The smallest absolute Gasteiger partial charge is 0.355 e. The summed E-state index contributed by atoms with van der Waals surface area (Å²) in [7, 11) is 0. The number of carbonyl (C=O) groups is 3. The van der Waals surface area contributed by atoms with Gasteiger partial charge in [-0.1, -0.05) is 11.3 Å². The van der Waals surface area contributed by atoms with Crippen LogP contribution >= 0.6 is 11.3 Å². The number of nitrogens with zero attached hydrogens (tertiary/aromatic N) is 1. The fourth-order valence-corrected chi connectivity index (χ4v) is 3.02. The number of amides is 3. The maximum atomic E-state index is 12.3. The zero-order chi connectivity index (χ0) is 18.1. The number of thiophene rings is 1. The van der Waals surface area contributed by atoms with Gasteiger partial charge in [0.1, 0.15) is 21.3 Å². The minimum absolute atomic E-state index is 0.109. The average Bonchev–Trinajstić information content (AvgIpc) is 3.01. The number of ether oxygens (including phenoxy) is 1. The number of carbonyl (C=O) groups excluding carboxylic acids is 3. The van der Waals surface area contributed by atoms with Crippen LogP contribution in [0.15, 0.2) is 24.4 Å². The third-order valence-corrected chi connectivity index (χ3v) is 3.87. The standard InChI is InChI=1S/C15H18N4O4S/c1-15(2,3)23-13(21)9-5-4-6-19(9)10-7-8(11(16)20)12(24-10)18-14(17)22/h4-7H,1-3H3,(H2,16,20)(H3,17,18,22). The molecule has 0 saturated heterocycles. The molecular weight excluding hydrogens is 332 g/mol. The summed E-state index contributed by atoms with van der Waals surface area (Å²) in [6.07, 6.45) is 1.64. The van der Waals surface area contributed by atoms with Crippen molar-refractivity contribution in [2.24, 2.45) is 11.5 Å². The number of primary amides is 2. The molecule has 0 radical (unpaired) electrons. The van der Waals surface area contributed by atoms with E-state index >= 15 is 0 Å². The predicted molar refractivity (Wildman–Crippen MR) is 90.5 cm³/mol. The largest absolute Gasteiger partial charge is 0.455 e. The second-order valence-corrected chi connectivity index (χ2v) is 6.98. The van der Waals surface area contributed by atoms with E-state index in [0.717, 1.165) is 11.3 Å². The molecule has 0 aliphatic heterocycles. The number of esters is 1. The van der Waals surface area contributed by atoms with Crippen LogP contribution in [0.3, 0.4) is 0 Å². The zero-order valence-corrected chi connectivity index (χ0v) is 14.3. The lowest BCUT2D eigenvalue weighted by Crippen LogP contribution is -2.25. The molecule has 0 fully saturated rings. The van der Waals surface area contributed by atoms with E-state index in [0.29, 0.717) is 5.00 Å². The summed E-state index contributed by atoms with van der Waals surface area (Å²) in [6, 6.07) is 3.93. The minimum atomic E-state index is -0.814. The Morgan fingerprint density at radius 1 is 1.25 bits per heavy atom. The number of anilines is 1. The van der Waals surface area contributed by atoms with Crippen molar-refractivity contribution in [3.05, 3.63) is 35.7 Å². The van der Waals surface area contributed by atoms with E-state index in [1.54, 1.807) is 43.7 Å². The van der Waals surface area contributed by atoms with Crippen LogP contribution in [0, 0.1) is 0 Å². The SMILES string of the molecule is CC(C)(C)OC(=O)c1cccn1-c1cc(C(N)=O)c(NC(N)=O)s1. The first-order valence-electron chi connectivity index (χ1n) is 6.99. The van der Waals surface area contributed by atoms with E-state index in [1.807, 2.05) is 0 Å². The van der Waals surface area contributed by atoms with Gasteiger partial charge in [0.05, 0.1) is 5.56 Å². The van der Waals surface area contributed by atoms with Gasteiger partial charge in [-0.05, 0) is 39.0 Å². The molecule has 2 heterocycles. The van der Waals surface area contributed by atoms with Gasteiger partial charge < -0.3 is 20.8 Å². The Morgan fingerprint density at radius 3 is 2.46 bits per heavy atom. The van der Waals surface area contributed by atoms with E-state index < -0.39 is 23.5 Å². The summed E-state index contributed by atoms with van der Waals surface area (Å²) >= 11 is 1.07. The summed E-state index contributed by atoms with van der Waals surface area (Å²) in [5.74, 6) is -1.22. The highest BCUT2D eigenvalue weighted by Gasteiger charge is 2.23. The molecule has 5 N–H and O–H groups in total. The Bertz CT molecular complexity index is 801. The first kappa shape index (κ1) is 17.5. The molecule has 3 amide bonds. The number of hydrogen-bond donors (Lipinski definition) is 3. The van der Waals surface area contributed by atoms with Crippen LogP contribution in [0.5, 0.6) is 0 Å². The van der Waals surface area contributed by atoms with E-state index in [2.05, 4.69) is 5.32 Å². The van der Waals surface area contributed by atoms with Gasteiger partial charge >= 0.3 is 12.0 Å². The van der Waals surface area contributed by atoms with Crippen LogP contribution in [0.1, 0.15) is 41.6 Å². The molecule has 0 atom stereocenters. The van der Waals surface area contributed by atoms with Crippen LogP contribution in [0.25, 0.3) is 5.00 Å². The fraction of sp³-hybridized carbons (Fsp3) is 0.267. The highest BCUT2D eigenvalue weighted by Crippen LogP contribution is 2.32. The molecular formula is C15H18N4O4S. The molecule has 0 bridgehead atoms. The van der Waals surface area contributed by atoms with Gasteiger partial charge in [-0.25, -0.2) is 9.59 Å². The molecule has 24 heavy (non-hydrogen) atoms. The molecule has 0 aliphatic rings. The monoisotopic (exact) mass is 350 g/mol. The Labute approximate surface area is 142 Å². The second kappa shape index (κ2) is 6.36. The van der Waals surface area contributed by atoms with Gasteiger partial charge in [0.2, 0.25) is 0 Å². The van der Waals surface area contributed by atoms with Crippen LogP contribution in [-0.2, 0) is 4.74 Å². The van der Waals surface area contributed by atoms with Crippen LogP contribution < -0.4 is 16.8 Å². The van der Waals surface area contributed by atoms with E-state index in [4.69, 9.17) is 16.2 Å². The Morgan fingerprint density at radius 2 is 1.92 bits per heavy atom. The van der Waals surface area contributed by atoms with Crippen molar-refractivity contribution >= 4 is 34.2 Å². The maximum absolute atomic E-state index is 12.3. The highest BCUT2D eigenvalue weighted by atomic mass is 32.1. The van der Waals surface area contributed by atoms with Crippen molar-refractivity contribution in [2.45, 2.75) is 26.4 Å². The minimum Gasteiger partial charge on any atom is -0.455 e. The lowest BCUT2D eigenvalue weighted by atomic mass is 10.2. The Kier molecular flexibility index (Phi) is 4.65. The van der Waals surface area contributed by atoms with Crippen molar-refractivity contribution in [1.82, 2.24) is 4.57 Å². The van der Waals surface area contributed by atoms with E-state index in [1.165, 1.54) is 6.07 Å². The summed E-state index contributed by atoms with van der Waals surface area (Å²) < 4.78 is 6.91. The molecule has 2 aromatic rings. The average molecular weight is 350 g/mol. The van der Waals surface area contributed by atoms with Crippen molar-refractivity contribution < 1.29 is 19.1 Å². The van der Waals surface area contributed by atoms with E-state index in [9.17, 15) is 14.4 Å². The quantitative estimate of drug-likeness (QED) is 0.729. The number of aromatic nitrogens is 1. The molecule has 0 spiro atoms. The Balaban J connectivity index is 2.43. The molecule has 0 saturated carbocycles. The van der Waals surface area contributed by atoms with Crippen LogP contribution in [0.4, 0.5) is 9.80 Å². The first-order valence-corrected chi connectivity index (χ1v) is 7.81. The molecule has 2 aromatic heterocycles. The number of nitrogens with one attached hydrogen (secondary N) is 1. The summed E-state index contributed by atoms with van der Waals surface area (Å²) in [4.78, 5) is 34.9. The number of nitrogens with two attached hydrogens (primary N) is 2. The van der Waals surface area contributed by atoms with Crippen molar-refractivity contribution in [1.29, 1.82) is 0 Å². The van der Waals surface area contributed by atoms with Gasteiger partial charge in [-0.2, -0.15) is 0 Å². The summed E-state index contributed by atoms with van der Waals surface area (Å²) in [5.41, 5.74) is 10.2. The van der Waals surface area contributed by atoms with Gasteiger partial charge in [0, 0.05) is 6.20 Å². The van der Waals surface area contributed by atoms with Crippen molar-refractivity contribution in [3.63, 3.8) is 0 Å². The topological polar surface area (TPSA) is 129 Å². The van der Waals surface area contributed by atoms with Gasteiger partial charge in [-0.3, -0.25) is 10.1 Å². The molecule has 2 rings (SSSR count). The highest BCUT2D eigenvalue weighted by molar-refractivity contribution is 7.19. The second-order valence-electron chi connectivity index (χ2n) is 5.95. The molecule has 8 nitrogen and oxygen atoms in total. The van der Waals surface area contributed by atoms with Gasteiger partial charge in [0.15, 0.2) is 0 Å². The lowest BCUT2D eigenvalue weighted by Gasteiger charge is -2.19. The summed E-state index contributed by atoms with van der Waals surface area (Å²) in [6.45, 7) is 5.30. The fourth-order valence-electron chi connectivity index (χ4n) is 1.95. The van der Waals surface area contributed by atoms with Gasteiger partial charge in [-0.15, -0.1) is 0 Å².